The molecule has 8 heteroatoms. The van der Waals surface area contributed by atoms with Crippen molar-refractivity contribution >= 4 is 23.7 Å². The Bertz CT molecular complexity index is 1220. The van der Waals surface area contributed by atoms with E-state index in [1.807, 2.05) is 12.1 Å². The minimum absolute atomic E-state index is 0.0652. The Balaban J connectivity index is 0.000000733. The first-order valence-corrected chi connectivity index (χ1v) is 11.7. The van der Waals surface area contributed by atoms with Gasteiger partial charge in [0, 0.05) is 23.6 Å². The van der Waals surface area contributed by atoms with Gasteiger partial charge in [0.2, 0.25) is 0 Å². The maximum atomic E-state index is 10.2. The number of anilines is 2. The quantitative estimate of drug-likeness (QED) is 0.482. The molecule has 3 aromatic carbocycles. The van der Waals surface area contributed by atoms with Crippen LogP contribution in [0.15, 0.2) is 90.1 Å². The first-order chi connectivity index (χ1) is 18.0. The standard InChI is InChI=1S/C27H30N2O2.2CO2/c1-4-20-19-28(22-12-8-6-9-13-22)27(21-16-17-25(30)26(18-21)31-3)29(24(20)5-2)23-14-10-7-11-15-23;2*2-1-3/h6-18,27,30H,4-5,19H2,1-3H3;;. The Labute approximate surface area is 216 Å². The highest BCUT2D eigenvalue weighted by Crippen LogP contribution is 2.44. The molecule has 1 unspecified atom stereocenters. The van der Waals surface area contributed by atoms with E-state index in [2.05, 4.69) is 84.3 Å². The average Bonchev–Trinajstić information content (AvgIpc) is 2.94. The van der Waals surface area contributed by atoms with E-state index in [0.29, 0.717) is 5.75 Å². The zero-order valence-electron chi connectivity index (χ0n) is 21.1. The van der Waals surface area contributed by atoms with E-state index in [9.17, 15) is 5.11 Å². The fourth-order valence-electron chi connectivity index (χ4n) is 4.50. The van der Waals surface area contributed by atoms with Gasteiger partial charge >= 0.3 is 12.3 Å². The zero-order valence-corrected chi connectivity index (χ0v) is 21.1. The third kappa shape index (κ3) is 6.95. The lowest BCUT2D eigenvalue weighted by Crippen LogP contribution is -2.47. The predicted molar refractivity (Wildman–Crippen MR) is 138 cm³/mol. The maximum Gasteiger partial charge on any atom is 0.373 e. The molecular weight excluding hydrogens is 472 g/mol. The summed E-state index contributed by atoms with van der Waals surface area (Å²) < 4.78 is 5.45. The Kier molecular flexibility index (Phi) is 11.4. The van der Waals surface area contributed by atoms with Gasteiger partial charge in [-0.2, -0.15) is 19.2 Å². The summed E-state index contributed by atoms with van der Waals surface area (Å²) in [6.45, 7) is 5.33. The molecule has 0 amide bonds. The van der Waals surface area contributed by atoms with E-state index in [1.54, 1.807) is 13.2 Å². The molecule has 0 aromatic heterocycles. The normalized spacial score (nSPS) is 14.3. The summed E-state index contributed by atoms with van der Waals surface area (Å²) in [5.74, 6) is 0.641. The summed E-state index contributed by atoms with van der Waals surface area (Å²) in [5.41, 5.74) is 6.20. The SMILES string of the molecule is CCC1=C(CC)N(c2ccccc2)C(c2ccc(O)c(OC)c2)N(c2ccccc2)C1.O=C=O.O=C=O. The summed E-state index contributed by atoms with van der Waals surface area (Å²) in [6, 6.07) is 26.8. The van der Waals surface area contributed by atoms with Gasteiger partial charge in [0.05, 0.1) is 7.11 Å². The van der Waals surface area contributed by atoms with Crippen LogP contribution >= 0.6 is 0 Å². The van der Waals surface area contributed by atoms with Gasteiger partial charge in [-0.1, -0.05) is 56.3 Å². The lowest BCUT2D eigenvalue weighted by molar-refractivity contribution is -0.193. The summed E-state index contributed by atoms with van der Waals surface area (Å²) in [4.78, 5) is 37.4. The van der Waals surface area contributed by atoms with Crippen LogP contribution in [0.1, 0.15) is 38.4 Å². The molecule has 0 saturated carbocycles. The molecule has 0 bridgehead atoms. The number of nitrogens with zero attached hydrogens (tertiary/aromatic N) is 2. The molecule has 0 fully saturated rings. The van der Waals surface area contributed by atoms with Gasteiger partial charge in [-0.25, -0.2) is 0 Å². The van der Waals surface area contributed by atoms with E-state index in [1.165, 1.54) is 17.0 Å². The Hall–Kier alpha value is -4.64. The molecule has 1 N–H and O–H groups in total. The second-order valence-electron chi connectivity index (χ2n) is 7.90. The number of ether oxygens (including phenoxy) is 1. The third-order valence-electron chi connectivity index (χ3n) is 5.99. The highest BCUT2D eigenvalue weighted by Gasteiger charge is 2.35. The van der Waals surface area contributed by atoms with Gasteiger partial charge in [0.15, 0.2) is 11.5 Å². The van der Waals surface area contributed by atoms with Crippen LogP contribution in [-0.2, 0) is 19.2 Å². The summed E-state index contributed by atoms with van der Waals surface area (Å²) >= 11 is 0. The topological polar surface area (TPSA) is 104 Å². The third-order valence-corrected chi connectivity index (χ3v) is 5.99. The molecular formula is C29H30N2O6. The molecule has 1 atom stereocenters. The molecule has 1 aliphatic rings. The van der Waals surface area contributed by atoms with Crippen LogP contribution in [0, 0.1) is 0 Å². The number of carbonyl (C=O) groups excluding carboxylic acids is 4. The molecule has 0 spiro atoms. The highest BCUT2D eigenvalue weighted by molar-refractivity contribution is 5.64. The fourth-order valence-corrected chi connectivity index (χ4v) is 4.50. The molecule has 0 radical (unpaired) electrons. The summed E-state index contributed by atoms with van der Waals surface area (Å²) in [6.07, 6.45) is 2.39. The van der Waals surface area contributed by atoms with Crippen LogP contribution in [-0.4, -0.2) is 31.1 Å². The van der Waals surface area contributed by atoms with Crippen LogP contribution < -0.4 is 14.5 Å². The predicted octanol–water partition coefficient (Wildman–Crippen LogP) is 5.33. The molecule has 1 heterocycles. The summed E-state index contributed by atoms with van der Waals surface area (Å²) in [7, 11) is 1.59. The van der Waals surface area contributed by atoms with Gasteiger partial charge in [0.25, 0.3) is 0 Å². The number of hydrogen-bond acceptors (Lipinski definition) is 8. The second-order valence-corrected chi connectivity index (χ2v) is 7.90. The molecule has 0 aliphatic carbocycles. The van der Waals surface area contributed by atoms with Crippen LogP contribution in [0.5, 0.6) is 11.5 Å². The first kappa shape index (κ1) is 28.6. The first-order valence-electron chi connectivity index (χ1n) is 11.7. The average molecular weight is 503 g/mol. The number of methoxy groups -OCH3 is 1. The molecule has 4 rings (SSSR count). The van der Waals surface area contributed by atoms with E-state index >= 15 is 0 Å². The smallest absolute Gasteiger partial charge is 0.373 e. The van der Waals surface area contributed by atoms with Crippen LogP contribution in [0.3, 0.4) is 0 Å². The number of rotatable bonds is 6. The highest BCUT2D eigenvalue weighted by atomic mass is 16.5. The number of para-hydroxylation sites is 2. The van der Waals surface area contributed by atoms with Crippen molar-refractivity contribution in [2.24, 2.45) is 0 Å². The maximum absolute atomic E-state index is 10.2. The number of hydrogen-bond donors (Lipinski definition) is 1. The Morgan fingerprint density at radius 3 is 1.86 bits per heavy atom. The number of phenols is 1. The van der Waals surface area contributed by atoms with Crippen molar-refractivity contribution in [2.75, 3.05) is 23.5 Å². The number of allylic oxidation sites excluding steroid dienone is 1. The molecule has 192 valence electrons. The monoisotopic (exact) mass is 502 g/mol. The van der Waals surface area contributed by atoms with Gasteiger partial charge in [-0.15, -0.1) is 0 Å². The summed E-state index contributed by atoms with van der Waals surface area (Å²) in [5, 5.41) is 10.2. The van der Waals surface area contributed by atoms with Crippen molar-refractivity contribution in [3.8, 4) is 11.5 Å². The molecule has 1 aliphatic heterocycles. The molecule has 37 heavy (non-hydrogen) atoms. The van der Waals surface area contributed by atoms with Crippen molar-refractivity contribution in [1.29, 1.82) is 0 Å². The van der Waals surface area contributed by atoms with Gasteiger partial charge in [0.1, 0.15) is 6.17 Å². The number of phenolic OH excluding ortho intramolecular Hbond substituents is 1. The largest absolute Gasteiger partial charge is 0.504 e. The Morgan fingerprint density at radius 2 is 1.38 bits per heavy atom. The lowest BCUT2D eigenvalue weighted by Gasteiger charge is -2.48. The van der Waals surface area contributed by atoms with Gasteiger partial charge < -0.3 is 19.6 Å². The fraction of sp³-hybridized carbons (Fsp3) is 0.241. The minimum atomic E-state index is -0.0652. The molecule has 8 nitrogen and oxygen atoms in total. The van der Waals surface area contributed by atoms with Crippen molar-refractivity contribution in [3.63, 3.8) is 0 Å². The van der Waals surface area contributed by atoms with Crippen molar-refractivity contribution < 1.29 is 29.0 Å². The van der Waals surface area contributed by atoms with Crippen LogP contribution in [0.25, 0.3) is 0 Å². The van der Waals surface area contributed by atoms with E-state index in [-0.39, 0.29) is 24.2 Å². The number of aromatic hydroxyl groups is 1. The van der Waals surface area contributed by atoms with Crippen LogP contribution in [0.2, 0.25) is 0 Å². The minimum Gasteiger partial charge on any atom is -0.504 e. The lowest BCUT2D eigenvalue weighted by atomic mass is 9.97. The van der Waals surface area contributed by atoms with E-state index in [0.717, 1.165) is 30.6 Å². The molecule has 3 aromatic rings. The Morgan fingerprint density at radius 1 is 0.838 bits per heavy atom. The zero-order chi connectivity index (χ0) is 27.2. The van der Waals surface area contributed by atoms with Crippen molar-refractivity contribution in [2.45, 2.75) is 32.9 Å². The molecule has 0 saturated heterocycles. The number of benzene rings is 3. The van der Waals surface area contributed by atoms with Crippen LogP contribution in [0.4, 0.5) is 11.4 Å². The van der Waals surface area contributed by atoms with Crippen molar-refractivity contribution in [1.82, 2.24) is 0 Å². The van der Waals surface area contributed by atoms with E-state index < -0.39 is 0 Å². The van der Waals surface area contributed by atoms with E-state index in [4.69, 9.17) is 23.9 Å². The van der Waals surface area contributed by atoms with Gasteiger partial charge in [-0.05, 0) is 60.4 Å². The second kappa shape index (κ2) is 14.7. The van der Waals surface area contributed by atoms with Gasteiger partial charge in [-0.3, -0.25) is 0 Å². The van der Waals surface area contributed by atoms with Crippen molar-refractivity contribution in [3.05, 3.63) is 95.7 Å².